The highest BCUT2D eigenvalue weighted by Crippen LogP contribution is 2.33. The second-order valence-electron chi connectivity index (χ2n) is 23.1. The van der Waals surface area contributed by atoms with Gasteiger partial charge in [0.25, 0.3) is 0 Å². The lowest BCUT2D eigenvalue weighted by atomic mass is 9.99. The van der Waals surface area contributed by atoms with E-state index in [2.05, 4.69) is 47.9 Å². The van der Waals surface area contributed by atoms with E-state index in [1.807, 2.05) is 72.4 Å². The number of halogens is 1. The van der Waals surface area contributed by atoms with E-state index in [4.69, 9.17) is 35.3 Å². The molecule has 0 aliphatic carbocycles. The predicted octanol–water partition coefficient (Wildman–Crippen LogP) is 4.24. The zero-order chi connectivity index (χ0) is 65.2. The Morgan fingerprint density at radius 3 is 1.75 bits per heavy atom. The number of urea groups is 1. The molecule has 8 atom stereocenters. The molecule has 3 aliphatic rings. The number of carbonyl (C=O) groups is 9. The van der Waals surface area contributed by atoms with Crippen molar-refractivity contribution in [3.05, 3.63) is 107 Å². The smallest absolute Gasteiger partial charge is 0.407 e. The number of nitrogens with one attached hydrogen (secondary N) is 9. The van der Waals surface area contributed by atoms with Gasteiger partial charge in [-0.2, -0.15) is 11.8 Å². The number of rotatable bonds is 37. The molecule has 91 heavy (non-hydrogen) atoms. The molecule has 3 aromatic carbocycles. The average Bonchev–Trinajstić information content (AvgIpc) is 2.64. The Hall–Kier alpha value is -7.03. The van der Waals surface area contributed by atoms with Gasteiger partial charge in [-0.05, 0) is 74.5 Å². The summed E-state index contributed by atoms with van der Waals surface area (Å²) in [5, 5.41) is 26.8. The number of thioether (sulfide) groups is 1. The largest absolute Gasteiger partial charge is 0.445 e. The second kappa shape index (κ2) is 40.7. The van der Waals surface area contributed by atoms with Crippen LogP contribution in [0.4, 0.5) is 9.59 Å². The van der Waals surface area contributed by atoms with E-state index in [-0.39, 0.29) is 94.9 Å². The van der Waals surface area contributed by atoms with E-state index >= 15 is 0 Å². The molecule has 3 fully saturated rings. The van der Waals surface area contributed by atoms with Gasteiger partial charge in [-0.25, -0.2) is 9.59 Å². The van der Waals surface area contributed by atoms with Gasteiger partial charge in [-0.1, -0.05) is 111 Å². The number of likely N-dealkylation sites (N-methyl/N-ethyl adjacent to an activating group) is 1. The van der Waals surface area contributed by atoms with Gasteiger partial charge in [0.05, 0.1) is 64.9 Å². The number of fused-ring (bicyclic) bond motifs is 1. The fourth-order valence-corrected chi connectivity index (χ4v) is 12.4. The van der Waals surface area contributed by atoms with Gasteiger partial charge in [-0.3, -0.25) is 33.6 Å². The van der Waals surface area contributed by atoms with E-state index in [9.17, 15) is 43.2 Å². The van der Waals surface area contributed by atoms with Crippen LogP contribution >= 0.6 is 23.4 Å². The van der Waals surface area contributed by atoms with Crippen LogP contribution in [-0.2, 0) is 76.7 Å². The number of hydrogen-bond acceptors (Lipinski definition) is 15. The van der Waals surface area contributed by atoms with Crippen molar-refractivity contribution in [2.75, 3.05) is 85.3 Å². The minimum absolute atomic E-state index is 0.00320. The quantitative estimate of drug-likeness (QED) is 0.0288. The number of alkyl carbamates (subject to hydrolysis) is 1. The highest BCUT2D eigenvalue weighted by atomic mass is 35.5. The summed E-state index contributed by atoms with van der Waals surface area (Å²) in [5.41, 5.74) is 2.12. The zero-order valence-corrected chi connectivity index (χ0v) is 54.2. The Morgan fingerprint density at radius 1 is 0.560 bits per heavy atom. The van der Waals surface area contributed by atoms with Gasteiger partial charge < -0.3 is 76.4 Å². The molecule has 0 saturated carbocycles. The Kier molecular flexibility index (Phi) is 32.7. The lowest BCUT2D eigenvalue weighted by Gasteiger charge is -2.32. The second-order valence-corrected chi connectivity index (χ2v) is 24.8. The van der Waals surface area contributed by atoms with Crippen molar-refractivity contribution in [1.29, 1.82) is 0 Å². The van der Waals surface area contributed by atoms with E-state index in [0.29, 0.717) is 94.1 Å². The number of carbonyl (C=O) groups excluding carboxylic acids is 9. The molecule has 0 aromatic heterocycles. The molecule has 0 bridgehead atoms. The minimum atomic E-state index is -1.19. The number of hydrogen-bond donors (Lipinski definition) is 9. The summed E-state index contributed by atoms with van der Waals surface area (Å²) in [5.74, 6) is -2.92. The van der Waals surface area contributed by atoms with Crippen LogP contribution in [-0.4, -0.2) is 191 Å². The normalized spacial score (nSPS) is 21.3. The summed E-state index contributed by atoms with van der Waals surface area (Å²) in [4.78, 5) is 123. The van der Waals surface area contributed by atoms with Gasteiger partial charge >= 0.3 is 12.1 Å². The molecule has 24 nitrogen and oxygen atoms in total. The van der Waals surface area contributed by atoms with E-state index < -0.39 is 71.8 Å². The molecule has 3 heterocycles. The zero-order valence-electron chi connectivity index (χ0n) is 52.6. The van der Waals surface area contributed by atoms with Crippen molar-refractivity contribution in [2.24, 2.45) is 5.92 Å². The SMILES string of the molecule is CC(C)[C@@H]1NC(=O)[C@@H](CCCCNC(=O)OCc2ccccc2Cl)NC(=O)[C@@H](Cc2ccccc2)N(C)C(=O)[C@H](Cc2ccccc2)NC(=O)[C@H](CCCCNC(=O)CCOCCOCCOCCOCCNC(=O)CCCC[C@@H]2SC[C@@H]3NC(=O)N[C@@H]32)NC1=O. The summed E-state index contributed by atoms with van der Waals surface area (Å²) in [6, 6.07) is 19.7. The first kappa shape index (κ1) is 73.0. The van der Waals surface area contributed by atoms with Gasteiger partial charge in [0.1, 0.15) is 36.8 Å². The first-order valence-corrected chi connectivity index (χ1v) is 33.2. The van der Waals surface area contributed by atoms with Crippen LogP contribution in [0.3, 0.4) is 0 Å². The maximum atomic E-state index is 14.9. The monoisotopic (exact) mass is 1300 g/mol. The topological polar surface area (TPSA) is 311 Å². The van der Waals surface area contributed by atoms with E-state index in [1.165, 1.54) is 11.9 Å². The van der Waals surface area contributed by atoms with Crippen molar-refractivity contribution in [3.8, 4) is 0 Å². The molecule has 3 aromatic rings. The van der Waals surface area contributed by atoms with Crippen molar-refractivity contribution >= 4 is 76.8 Å². The maximum Gasteiger partial charge on any atom is 0.407 e. The molecule has 0 spiro atoms. The Labute approximate surface area is 543 Å². The molecule has 10 amide bonds. The number of amides is 10. The van der Waals surface area contributed by atoms with Crippen LogP contribution in [0.1, 0.15) is 101 Å². The highest BCUT2D eigenvalue weighted by molar-refractivity contribution is 8.00. The lowest BCUT2D eigenvalue weighted by molar-refractivity contribution is -0.142. The molecule has 3 aliphatic heterocycles. The third-order valence-electron chi connectivity index (χ3n) is 15.8. The molecular weight excluding hydrogens is 1210 g/mol. The van der Waals surface area contributed by atoms with Crippen molar-refractivity contribution < 1.29 is 66.8 Å². The van der Waals surface area contributed by atoms with Crippen LogP contribution in [0.25, 0.3) is 0 Å². The minimum Gasteiger partial charge on any atom is -0.445 e. The molecule has 3 saturated heterocycles. The van der Waals surface area contributed by atoms with Crippen molar-refractivity contribution in [3.63, 3.8) is 0 Å². The molecule has 500 valence electrons. The van der Waals surface area contributed by atoms with Crippen LogP contribution in [0.2, 0.25) is 5.02 Å². The van der Waals surface area contributed by atoms with Crippen molar-refractivity contribution in [2.45, 2.75) is 151 Å². The van der Waals surface area contributed by atoms with Gasteiger partial charge in [0.15, 0.2) is 0 Å². The lowest BCUT2D eigenvalue weighted by Crippen LogP contribution is -2.59. The molecule has 0 unspecified atom stereocenters. The summed E-state index contributed by atoms with van der Waals surface area (Å²) >= 11 is 8.09. The van der Waals surface area contributed by atoms with Crippen LogP contribution < -0.4 is 47.9 Å². The van der Waals surface area contributed by atoms with Crippen molar-refractivity contribution in [1.82, 2.24) is 52.8 Å². The first-order chi connectivity index (χ1) is 44.1. The molecule has 6 rings (SSSR count). The van der Waals surface area contributed by atoms with Gasteiger partial charge in [0.2, 0.25) is 41.4 Å². The maximum absolute atomic E-state index is 14.9. The fraction of sp³-hybridized carbons (Fsp3) is 0.585. The highest BCUT2D eigenvalue weighted by Gasteiger charge is 2.43. The third-order valence-corrected chi connectivity index (χ3v) is 17.7. The first-order valence-electron chi connectivity index (χ1n) is 31.8. The number of benzene rings is 3. The summed E-state index contributed by atoms with van der Waals surface area (Å²) in [7, 11) is 1.49. The van der Waals surface area contributed by atoms with Crippen LogP contribution in [0.5, 0.6) is 0 Å². The average molecular weight is 1310 g/mol. The summed E-state index contributed by atoms with van der Waals surface area (Å²) in [6.07, 6.45) is 4.50. The standard InChI is InChI=1S/C65H93ClN10O14S/c1-44(2)57-62(82)71-49(24-14-16-29-67-56(78)28-32-86-34-36-88-38-39-89-37-35-87-33-31-68-55(77)27-13-12-26-54-58-52(43-91-54)73-64(84)75-58)59(79)72-51(40-45-18-6-4-7-19-45)63(83)76(3)53(41-46-20-8-5-9-21-46)61(81)70-50(60(80)74-57)25-15-17-30-69-65(85)90-42-47-22-10-11-23-48(47)66/h4-11,18-23,44,49-54,57-58H,12-17,24-43H2,1-3H3,(H,67,78)(H,68,77)(H,69,85)(H,70,81)(H,71,82)(H,72,79)(H,74,80)(H2,73,75,84)/t49-,50+,51-,52-,53+,54-,57-,58-/m0/s1. The van der Waals surface area contributed by atoms with Crippen LogP contribution in [0.15, 0.2) is 84.9 Å². The summed E-state index contributed by atoms with van der Waals surface area (Å²) in [6.45, 7) is 6.95. The molecule has 9 N–H and O–H groups in total. The third kappa shape index (κ3) is 26.6. The number of ether oxygens (including phenoxy) is 5. The van der Waals surface area contributed by atoms with E-state index in [1.54, 1.807) is 38.1 Å². The van der Waals surface area contributed by atoms with Gasteiger partial charge in [-0.15, -0.1) is 0 Å². The molecule has 0 radical (unpaired) electrons. The molecule has 26 heteroatoms. The molecular formula is C65H93ClN10O14S. The van der Waals surface area contributed by atoms with Crippen LogP contribution in [0, 0.1) is 5.92 Å². The number of nitrogens with zero attached hydrogens (tertiary/aromatic N) is 1. The fourth-order valence-electron chi connectivity index (χ4n) is 10.6. The Balaban J connectivity index is 0.925. The Bertz CT molecular complexity index is 2780. The number of unbranched alkanes of at least 4 members (excludes halogenated alkanes) is 3. The van der Waals surface area contributed by atoms with Gasteiger partial charge in [0, 0.05) is 74.0 Å². The predicted molar refractivity (Wildman–Crippen MR) is 345 cm³/mol. The summed E-state index contributed by atoms with van der Waals surface area (Å²) < 4.78 is 27.6. The van der Waals surface area contributed by atoms with E-state index in [0.717, 1.165) is 36.1 Å². The Morgan fingerprint density at radius 2 is 1.10 bits per heavy atom.